The van der Waals surface area contributed by atoms with Gasteiger partial charge in [0.1, 0.15) is 11.6 Å². The average molecular weight is 369 g/mol. The molecule has 1 aliphatic heterocycles. The summed E-state index contributed by atoms with van der Waals surface area (Å²) >= 11 is 0. The smallest absolute Gasteiger partial charge is 0.229 e. The molecule has 0 radical (unpaired) electrons. The molecule has 27 heavy (non-hydrogen) atoms. The van der Waals surface area contributed by atoms with E-state index in [2.05, 4.69) is 10.1 Å². The van der Waals surface area contributed by atoms with Crippen molar-refractivity contribution in [1.29, 1.82) is 0 Å². The molecule has 0 bridgehead atoms. The third-order valence-corrected chi connectivity index (χ3v) is 4.58. The Morgan fingerprint density at radius 1 is 1.22 bits per heavy atom. The molecular weight excluding hydrogens is 352 g/mol. The quantitative estimate of drug-likeness (QED) is 0.769. The van der Waals surface area contributed by atoms with Crippen LogP contribution in [0.1, 0.15) is 17.0 Å². The van der Waals surface area contributed by atoms with Gasteiger partial charge in [-0.1, -0.05) is 0 Å². The number of hydrogen-bond acceptors (Lipinski definition) is 4. The van der Waals surface area contributed by atoms with Gasteiger partial charge in [0, 0.05) is 37.0 Å². The first-order chi connectivity index (χ1) is 12.9. The van der Waals surface area contributed by atoms with Gasteiger partial charge in [-0.15, -0.1) is 0 Å². The van der Waals surface area contributed by atoms with Crippen LogP contribution in [0.3, 0.4) is 0 Å². The number of nitrogens with zero attached hydrogens (tertiary/aromatic N) is 4. The second-order valence-electron chi connectivity index (χ2n) is 6.56. The number of pyridine rings is 1. The number of aryl methyl sites for hydroxylation is 1. The molecule has 3 heterocycles. The highest BCUT2D eigenvalue weighted by Gasteiger charge is 2.26. The SMILES string of the molecule is Cn1cc2c(n1)CN(C(=O)Cc1nc(-c3ccc(F)cc3F)ccc1N)C2. The van der Waals surface area contributed by atoms with Crippen molar-refractivity contribution in [1.82, 2.24) is 19.7 Å². The van der Waals surface area contributed by atoms with Crippen LogP contribution in [-0.4, -0.2) is 25.6 Å². The van der Waals surface area contributed by atoms with Gasteiger partial charge in [0.25, 0.3) is 0 Å². The predicted octanol–water partition coefficient (Wildman–Crippen LogP) is 2.43. The van der Waals surface area contributed by atoms with E-state index in [0.29, 0.717) is 30.2 Å². The molecule has 1 aliphatic rings. The van der Waals surface area contributed by atoms with Crippen LogP contribution >= 0.6 is 0 Å². The number of benzene rings is 1. The lowest BCUT2D eigenvalue weighted by Crippen LogP contribution is -2.28. The molecular formula is C19H17F2N5O. The number of halogens is 2. The normalized spacial score (nSPS) is 13.1. The Bertz CT molecular complexity index is 1020. The fraction of sp³-hybridized carbons (Fsp3) is 0.211. The van der Waals surface area contributed by atoms with Gasteiger partial charge < -0.3 is 10.6 Å². The summed E-state index contributed by atoms with van der Waals surface area (Å²) in [6, 6.07) is 6.41. The summed E-state index contributed by atoms with van der Waals surface area (Å²) in [6.07, 6.45) is 1.89. The highest BCUT2D eigenvalue weighted by molar-refractivity contribution is 5.80. The molecule has 2 N–H and O–H groups in total. The Morgan fingerprint density at radius 3 is 2.78 bits per heavy atom. The monoisotopic (exact) mass is 369 g/mol. The van der Waals surface area contributed by atoms with Crippen LogP contribution < -0.4 is 5.73 Å². The number of hydrogen-bond donors (Lipinski definition) is 1. The van der Waals surface area contributed by atoms with Crippen molar-refractivity contribution in [3.63, 3.8) is 0 Å². The van der Waals surface area contributed by atoms with Crippen LogP contribution in [0.4, 0.5) is 14.5 Å². The standard InChI is InChI=1S/C19H17F2N5O/c1-25-8-11-9-26(10-18(11)24-25)19(27)7-17-15(22)4-5-16(23-17)13-3-2-12(20)6-14(13)21/h2-6,8H,7,9-10,22H2,1H3. The third kappa shape index (κ3) is 3.25. The number of rotatable bonds is 3. The van der Waals surface area contributed by atoms with Gasteiger partial charge in [-0.2, -0.15) is 5.10 Å². The average Bonchev–Trinajstić information content (AvgIpc) is 3.14. The number of nitrogens with two attached hydrogens (primary N) is 1. The summed E-state index contributed by atoms with van der Waals surface area (Å²) in [5.41, 5.74) is 9.04. The van der Waals surface area contributed by atoms with Gasteiger partial charge >= 0.3 is 0 Å². The summed E-state index contributed by atoms with van der Waals surface area (Å²) in [5.74, 6) is -1.51. The number of anilines is 1. The molecule has 0 spiro atoms. The number of nitrogen functional groups attached to an aromatic ring is 1. The Morgan fingerprint density at radius 2 is 2.04 bits per heavy atom. The maximum atomic E-state index is 14.0. The summed E-state index contributed by atoms with van der Waals surface area (Å²) in [5, 5.41) is 4.33. The Kier molecular flexibility index (Phi) is 4.10. The van der Waals surface area contributed by atoms with E-state index in [4.69, 9.17) is 5.73 Å². The second-order valence-corrected chi connectivity index (χ2v) is 6.56. The van der Waals surface area contributed by atoms with E-state index >= 15 is 0 Å². The highest BCUT2D eigenvalue weighted by Crippen LogP contribution is 2.26. The van der Waals surface area contributed by atoms with Gasteiger partial charge in [0.05, 0.1) is 35.7 Å². The fourth-order valence-corrected chi connectivity index (χ4v) is 3.22. The number of carbonyl (C=O) groups is 1. The number of fused-ring (bicyclic) bond motifs is 1. The minimum atomic E-state index is -0.717. The van der Waals surface area contributed by atoms with Crippen molar-refractivity contribution in [2.75, 3.05) is 5.73 Å². The van der Waals surface area contributed by atoms with Crippen molar-refractivity contribution in [3.8, 4) is 11.3 Å². The summed E-state index contributed by atoms with van der Waals surface area (Å²) in [6.45, 7) is 0.940. The molecule has 138 valence electrons. The molecule has 6 nitrogen and oxygen atoms in total. The zero-order valence-corrected chi connectivity index (χ0v) is 14.6. The van der Waals surface area contributed by atoms with Crippen LogP contribution in [0, 0.1) is 11.6 Å². The number of carbonyl (C=O) groups excluding carboxylic acids is 1. The maximum Gasteiger partial charge on any atom is 0.229 e. The van der Waals surface area contributed by atoms with Crippen molar-refractivity contribution in [3.05, 3.63) is 65.1 Å². The zero-order valence-electron chi connectivity index (χ0n) is 14.6. The highest BCUT2D eigenvalue weighted by atomic mass is 19.1. The number of aromatic nitrogens is 3. The molecule has 3 aromatic rings. The molecule has 0 unspecified atom stereocenters. The Hall–Kier alpha value is -3.29. The van der Waals surface area contributed by atoms with E-state index in [0.717, 1.165) is 23.4 Å². The lowest BCUT2D eigenvalue weighted by Gasteiger charge is -2.16. The Balaban J connectivity index is 1.55. The van der Waals surface area contributed by atoms with Crippen molar-refractivity contribution < 1.29 is 13.6 Å². The van der Waals surface area contributed by atoms with Gasteiger partial charge in [-0.05, 0) is 24.3 Å². The molecule has 0 fully saturated rings. The van der Waals surface area contributed by atoms with Gasteiger partial charge in [-0.3, -0.25) is 14.5 Å². The van der Waals surface area contributed by atoms with Crippen LogP contribution in [0.25, 0.3) is 11.3 Å². The lowest BCUT2D eigenvalue weighted by atomic mass is 10.1. The van der Waals surface area contributed by atoms with Crippen LogP contribution in [0.2, 0.25) is 0 Å². The van der Waals surface area contributed by atoms with Crippen molar-refractivity contribution in [2.45, 2.75) is 19.5 Å². The van der Waals surface area contributed by atoms with Gasteiger partial charge in [0.2, 0.25) is 5.91 Å². The Labute approximate surface area is 154 Å². The molecule has 2 aromatic heterocycles. The lowest BCUT2D eigenvalue weighted by molar-refractivity contribution is -0.131. The zero-order chi connectivity index (χ0) is 19.1. The molecule has 0 saturated heterocycles. The molecule has 0 atom stereocenters. The minimum Gasteiger partial charge on any atom is -0.397 e. The van der Waals surface area contributed by atoms with E-state index < -0.39 is 11.6 Å². The summed E-state index contributed by atoms with van der Waals surface area (Å²) < 4.78 is 28.9. The van der Waals surface area contributed by atoms with Gasteiger partial charge in [0.15, 0.2) is 0 Å². The first kappa shape index (κ1) is 17.1. The predicted molar refractivity (Wildman–Crippen MR) is 95.2 cm³/mol. The molecule has 4 rings (SSSR count). The fourth-order valence-electron chi connectivity index (χ4n) is 3.22. The van der Waals surface area contributed by atoms with Crippen molar-refractivity contribution in [2.24, 2.45) is 7.05 Å². The second kappa shape index (κ2) is 6.46. The topological polar surface area (TPSA) is 77.0 Å². The minimum absolute atomic E-state index is 0.00110. The van der Waals surface area contributed by atoms with E-state index in [9.17, 15) is 13.6 Å². The molecule has 0 saturated carbocycles. The van der Waals surface area contributed by atoms with Crippen LogP contribution in [0.5, 0.6) is 0 Å². The van der Waals surface area contributed by atoms with E-state index in [1.807, 2.05) is 13.2 Å². The van der Waals surface area contributed by atoms with Crippen molar-refractivity contribution >= 4 is 11.6 Å². The number of amides is 1. The first-order valence-electron chi connectivity index (χ1n) is 8.40. The third-order valence-electron chi connectivity index (χ3n) is 4.58. The first-order valence-corrected chi connectivity index (χ1v) is 8.40. The largest absolute Gasteiger partial charge is 0.397 e. The van der Waals surface area contributed by atoms with E-state index in [1.165, 1.54) is 6.07 Å². The molecule has 8 heteroatoms. The molecule has 1 aromatic carbocycles. The van der Waals surface area contributed by atoms with Crippen LogP contribution in [0.15, 0.2) is 36.5 Å². The maximum absolute atomic E-state index is 14.0. The summed E-state index contributed by atoms with van der Waals surface area (Å²) in [4.78, 5) is 18.7. The van der Waals surface area contributed by atoms with Crippen LogP contribution in [-0.2, 0) is 31.4 Å². The van der Waals surface area contributed by atoms with E-state index in [-0.39, 0.29) is 17.9 Å². The summed E-state index contributed by atoms with van der Waals surface area (Å²) in [7, 11) is 1.84. The van der Waals surface area contributed by atoms with Gasteiger partial charge in [-0.25, -0.2) is 8.78 Å². The van der Waals surface area contributed by atoms with E-state index in [1.54, 1.807) is 21.7 Å². The molecule has 1 amide bonds. The molecule has 0 aliphatic carbocycles.